The molecule has 2 amide bonds. The first kappa shape index (κ1) is 25.1. The van der Waals surface area contributed by atoms with Gasteiger partial charge in [-0.3, -0.25) is 14.9 Å². The van der Waals surface area contributed by atoms with Crippen molar-refractivity contribution in [1.29, 1.82) is 0 Å². The highest BCUT2D eigenvalue weighted by Crippen LogP contribution is 2.24. The Labute approximate surface area is 207 Å². The molecule has 7 nitrogen and oxygen atoms in total. The van der Waals surface area contributed by atoms with Crippen molar-refractivity contribution in [2.75, 3.05) is 25.1 Å². The topological polar surface area (TPSA) is 88.7 Å². The van der Waals surface area contributed by atoms with Crippen LogP contribution < -0.4 is 20.7 Å². The van der Waals surface area contributed by atoms with E-state index in [1.54, 1.807) is 36.4 Å². The minimum Gasteiger partial charge on any atom is -0.493 e. The van der Waals surface area contributed by atoms with Crippen molar-refractivity contribution in [3.63, 3.8) is 0 Å². The molecule has 2 aromatic carbocycles. The SMILES string of the molecule is CCCCOc1ccc(Br)cc1C(=O)NC(=S)Nc1ccccc1C(=O)NCC1CCCO1. The van der Waals surface area contributed by atoms with Gasteiger partial charge in [-0.05, 0) is 61.8 Å². The van der Waals surface area contributed by atoms with Crippen molar-refractivity contribution in [2.24, 2.45) is 0 Å². The van der Waals surface area contributed by atoms with Crippen LogP contribution in [0.4, 0.5) is 5.69 Å². The molecule has 33 heavy (non-hydrogen) atoms. The number of carbonyl (C=O) groups excluding carboxylic acids is 2. The summed E-state index contributed by atoms with van der Waals surface area (Å²) in [6.07, 6.45) is 3.88. The molecule has 1 atom stereocenters. The predicted octanol–water partition coefficient (Wildman–Crippen LogP) is 4.66. The van der Waals surface area contributed by atoms with Gasteiger partial charge < -0.3 is 20.1 Å². The number of anilines is 1. The summed E-state index contributed by atoms with van der Waals surface area (Å²) in [5, 5.41) is 8.62. The Morgan fingerprint density at radius 2 is 2.00 bits per heavy atom. The van der Waals surface area contributed by atoms with Crippen LogP contribution in [0.25, 0.3) is 0 Å². The second-order valence-electron chi connectivity index (χ2n) is 7.64. The molecule has 2 aromatic rings. The van der Waals surface area contributed by atoms with Crippen LogP contribution in [-0.4, -0.2) is 42.8 Å². The number of benzene rings is 2. The van der Waals surface area contributed by atoms with Gasteiger partial charge in [0.15, 0.2) is 5.11 Å². The number of para-hydroxylation sites is 1. The first-order valence-electron chi connectivity index (χ1n) is 11.0. The van der Waals surface area contributed by atoms with Crippen LogP contribution in [0.2, 0.25) is 0 Å². The molecule has 1 aliphatic heterocycles. The van der Waals surface area contributed by atoms with Crippen molar-refractivity contribution >= 4 is 50.8 Å². The maximum atomic E-state index is 12.9. The van der Waals surface area contributed by atoms with Gasteiger partial charge >= 0.3 is 0 Å². The molecule has 0 aliphatic carbocycles. The summed E-state index contributed by atoms with van der Waals surface area (Å²) in [6, 6.07) is 12.3. The van der Waals surface area contributed by atoms with E-state index in [9.17, 15) is 9.59 Å². The third-order valence-corrected chi connectivity index (χ3v) is 5.80. The van der Waals surface area contributed by atoms with Gasteiger partial charge in [0.25, 0.3) is 11.8 Å². The van der Waals surface area contributed by atoms with Gasteiger partial charge in [0.2, 0.25) is 0 Å². The second kappa shape index (κ2) is 12.7. The number of hydrogen-bond acceptors (Lipinski definition) is 5. The fraction of sp³-hybridized carbons (Fsp3) is 0.375. The minimum absolute atomic E-state index is 0.0494. The number of rotatable bonds is 9. The van der Waals surface area contributed by atoms with E-state index in [0.717, 1.165) is 36.8 Å². The largest absolute Gasteiger partial charge is 0.493 e. The second-order valence-corrected chi connectivity index (χ2v) is 8.97. The number of amides is 2. The van der Waals surface area contributed by atoms with Gasteiger partial charge in [-0.2, -0.15) is 0 Å². The summed E-state index contributed by atoms with van der Waals surface area (Å²) in [7, 11) is 0. The van der Waals surface area contributed by atoms with Gasteiger partial charge in [0.1, 0.15) is 5.75 Å². The minimum atomic E-state index is -0.402. The number of thiocarbonyl (C=S) groups is 1. The van der Waals surface area contributed by atoms with Gasteiger partial charge in [0, 0.05) is 17.6 Å². The summed E-state index contributed by atoms with van der Waals surface area (Å²) < 4.78 is 12.1. The average Bonchev–Trinajstić information content (AvgIpc) is 3.32. The lowest BCUT2D eigenvalue weighted by Crippen LogP contribution is -2.36. The molecule has 1 fully saturated rings. The molecule has 1 aliphatic rings. The highest BCUT2D eigenvalue weighted by molar-refractivity contribution is 9.10. The first-order chi connectivity index (χ1) is 16.0. The molecule has 3 N–H and O–H groups in total. The number of halogens is 1. The fourth-order valence-corrected chi connectivity index (χ4v) is 3.92. The Bertz CT molecular complexity index is 995. The Kier molecular flexibility index (Phi) is 9.65. The molecule has 1 unspecified atom stereocenters. The standard InChI is InChI=1S/C24H28BrN3O4S/c1-2-3-12-32-21-11-10-16(25)14-19(21)23(30)28-24(33)27-20-9-5-4-8-18(20)22(29)26-15-17-7-6-13-31-17/h4-5,8-11,14,17H,2-3,6-7,12-13,15H2,1H3,(H,26,29)(H2,27,28,30,33). The molecule has 0 spiro atoms. The Morgan fingerprint density at radius 1 is 1.18 bits per heavy atom. The molecule has 3 rings (SSSR count). The van der Waals surface area contributed by atoms with Gasteiger partial charge in [0.05, 0.1) is 29.5 Å². The molecule has 1 heterocycles. The summed E-state index contributed by atoms with van der Waals surface area (Å²) in [5.41, 5.74) is 1.30. The van der Waals surface area contributed by atoms with E-state index in [0.29, 0.717) is 35.7 Å². The van der Waals surface area contributed by atoms with Gasteiger partial charge in [-0.1, -0.05) is 41.4 Å². The Morgan fingerprint density at radius 3 is 2.76 bits per heavy atom. The van der Waals surface area contributed by atoms with E-state index in [-0.39, 0.29) is 17.1 Å². The van der Waals surface area contributed by atoms with E-state index in [1.165, 1.54) is 0 Å². The van der Waals surface area contributed by atoms with Crippen LogP contribution in [0.1, 0.15) is 53.3 Å². The fourth-order valence-electron chi connectivity index (χ4n) is 3.35. The first-order valence-corrected chi connectivity index (χ1v) is 12.2. The third-order valence-electron chi connectivity index (χ3n) is 5.10. The molecular weight excluding hydrogens is 506 g/mol. The molecule has 0 saturated carbocycles. The summed E-state index contributed by atoms with van der Waals surface area (Å²) in [4.78, 5) is 25.6. The number of unbranched alkanes of at least 4 members (excludes halogenated alkanes) is 1. The molecule has 1 saturated heterocycles. The van der Waals surface area contributed by atoms with Crippen LogP contribution in [-0.2, 0) is 4.74 Å². The van der Waals surface area contributed by atoms with Crippen LogP contribution in [0.5, 0.6) is 5.75 Å². The van der Waals surface area contributed by atoms with E-state index in [4.69, 9.17) is 21.7 Å². The van der Waals surface area contributed by atoms with Crippen LogP contribution in [0, 0.1) is 0 Å². The number of nitrogens with one attached hydrogen (secondary N) is 3. The molecule has 0 radical (unpaired) electrons. The van der Waals surface area contributed by atoms with Gasteiger partial charge in [-0.15, -0.1) is 0 Å². The summed E-state index contributed by atoms with van der Waals surface area (Å²) >= 11 is 8.74. The van der Waals surface area contributed by atoms with Gasteiger partial charge in [-0.25, -0.2) is 0 Å². The van der Waals surface area contributed by atoms with Crippen LogP contribution in [0.15, 0.2) is 46.9 Å². The highest BCUT2D eigenvalue weighted by atomic mass is 79.9. The highest BCUT2D eigenvalue weighted by Gasteiger charge is 2.19. The average molecular weight is 534 g/mol. The van der Waals surface area contributed by atoms with E-state index >= 15 is 0 Å². The number of carbonyl (C=O) groups is 2. The predicted molar refractivity (Wildman–Crippen MR) is 136 cm³/mol. The smallest absolute Gasteiger partial charge is 0.261 e. The zero-order valence-corrected chi connectivity index (χ0v) is 20.9. The number of ether oxygens (including phenoxy) is 2. The molecule has 176 valence electrons. The molecule has 0 bridgehead atoms. The molecule has 9 heteroatoms. The van der Waals surface area contributed by atoms with Crippen molar-refractivity contribution in [2.45, 2.75) is 38.7 Å². The van der Waals surface area contributed by atoms with Crippen molar-refractivity contribution in [3.8, 4) is 5.75 Å². The quantitative estimate of drug-likeness (QED) is 0.320. The third kappa shape index (κ3) is 7.52. The summed E-state index contributed by atoms with van der Waals surface area (Å²) in [6.45, 7) is 3.78. The maximum absolute atomic E-state index is 12.9. The normalized spacial score (nSPS) is 15.0. The van der Waals surface area contributed by atoms with Crippen molar-refractivity contribution in [1.82, 2.24) is 10.6 Å². The monoisotopic (exact) mass is 533 g/mol. The maximum Gasteiger partial charge on any atom is 0.261 e. The lowest BCUT2D eigenvalue weighted by atomic mass is 10.1. The zero-order chi connectivity index (χ0) is 23.6. The van der Waals surface area contributed by atoms with E-state index < -0.39 is 5.91 Å². The Balaban J connectivity index is 1.63. The number of hydrogen-bond donors (Lipinski definition) is 3. The lowest BCUT2D eigenvalue weighted by Gasteiger charge is -2.16. The van der Waals surface area contributed by atoms with Crippen molar-refractivity contribution < 1.29 is 19.1 Å². The summed E-state index contributed by atoms with van der Waals surface area (Å²) in [5.74, 6) is -0.150. The molecular formula is C24H28BrN3O4S. The zero-order valence-electron chi connectivity index (χ0n) is 18.5. The Hall–Kier alpha value is -2.49. The lowest BCUT2D eigenvalue weighted by molar-refractivity contribution is 0.0858. The van der Waals surface area contributed by atoms with E-state index in [1.807, 2.05) is 6.07 Å². The van der Waals surface area contributed by atoms with E-state index in [2.05, 4.69) is 38.8 Å². The van der Waals surface area contributed by atoms with Crippen molar-refractivity contribution in [3.05, 3.63) is 58.1 Å². The van der Waals surface area contributed by atoms with Crippen LogP contribution >= 0.6 is 28.1 Å². The molecule has 0 aromatic heterocycles. The van der Waals surface area contributed by atoms with Crippen LogP contribution in [0.3, 0.4) is 0 Å².